The van der Waals surface area contributed by atoms with E-state index in [9.17, 15) is 39.6 Å². The Hall–Kier alpha value is -9.87. The predicted molar refractivity (Wildman–Crippen MR) is 418 cm³/mol. The quantitative estimate of drug-likeness (QED) is 0.0365. The Labute approximate surface area is 620 Å². The minimum Gasteiger partial charge on any atom is -0.497 e. The van der Waals surface area contributed by atoms with Crippen LogP contribution in [0.3, 0.4) is 0 Å². The molecule has 9 aromatic carbocycles. The number of carbonyl (C=O) groups is 3. The van der Waals surface area contributed by atoms with Crippen molar-refractivity contribution in [1.29, 1.82) is 0 Å². The van der Waals surface area contributed by atoms with Gasteiger partial charge in [-0.1, -0.05) is 76.3 Å². The summed E-state index contributed by atoms with van der Waals surface area (Å²) in [5.74, 6) is 0.627. The molecular weight excluding hydrogens is 1440 g/mol. The number of fused-ring (bicyclic) bond motifs is 3. The molecular formula is C80H79Cl3N6O12S3. The van der Waals surface area contributed by atoms with Crippen molar-refractivity contribution in [3.05, 3.63) is 263 Å². The molecule has 12 aromatic rings. The van der Waals surface area contributed by atoms with Gasteiger partial charge in [-0.15, -0.1) is 0 Å². The molecule has 24 heteroatoms. The van der Waals surface area contributed by atoms with Gasteiger partial charge in [-0.05, 0) is 209 Å². The van der Waals surface area contributed by atoms with Crippen LogP contribution in [0.1, 0.15) is 110 Å². The second-order valence-corrected chi connectivity index (χ2v) is 33.3. The second-order valence-electron chi connectivity index (χ2n) is 26.0. The smallest absolute Gasteiger partial charge is 0.191 e. The maximum Gasteiger partial charge on any atom is 0.191 e. The Morgan fingerprint density at radius 1 is 0.356 bits per heavy atom. The van der Waals surface area contributed by atoms with Crippen LogP contribution >= 0.6 is 34.8 Å². The molecule has 0 radical (unpaired) electrons. The minimum absolute atomic E-state index is 0.0936. The summed E-state index contributed by atoms with van der Waals surface area (Å²) in [5.41, 5.74) is 15.7. The fraction of sp³-hybridized carbons (Fsp3) is 0.212. The van der Waals surface area contributed by atoms with E-state index in [1.807, 2.05) is 110 Å². The Morgan fingerprint density at radius 2 is 0.702 bits per heavy atom. The molecule has 3 aromatic heterocycles. The van der Waals surface area contributed by atoms with Crippen LogP contribution in [0.25, 0.3) is 32.7 Å². The van der Waals surface area contributed by atoms with Crippen LogP contribution < -0.4 is 30.2 Å². The van der Waals surface area contributed by atoms with E-state index in [0.29, 0.717) is 66.1 Å². The molecule has 0 aliphatic rings. The highest BCUT2D eigenvalue weighted by Gasteiger charge is 2.31. The average Bonchev–Trinajstić information content (AvgIpc) is 1.34. The molecule has 0 fully saturated rings. The number of anilines is 3. The van der Waals surface area contributed by atoms with Gasteiger partial charge < -0.3 is 45.1 Å². The first-order chi connectivity index (χ1) is 49.0. The van der Waals surface area contributed by atoms with E-state index in [2.05, 4.69) is 37.0 Å². The van der Waals surface area contributed by atoms with E-state index in [4.69, 9.17) is 49.0 Å². The lowest BCUT2D eigenvalue weighted by atomic mass is 9.93. The molecule has 0 amide bonds. The van der Waals surface area contributed by atoms with Gasteiger partial charge in [0.05, 0.1) is 36.0 Å². The van der Waals surface area contributed by atoms with Crippen LogP contribution in [0.2, 0.25) is 15.1 Å². The zero-order valence-electron chi connectivity index (χ0n) is 59.7. The Morgan fingerprint density at radius 3 is 1.08 bits per heavy atom. The third-order valence-electron chi connectivity index (χ3n) is 18.0. The lowest BCUT2D eigenvalue weighted by molar-refractivity contribution is 0.0963. The van der Waals surface area contributed by atoms with Crippen LogP contribution in [0, 0.1) is 55.4 Å². The van der Waals surface area contributed by atoms with Gasteiger partial charge in [-0.25, -0.2) is 25.3 Å². The van der Waals surface area contributed by atoms with Crippen molar-refractivity contribution in [2.45, 2.75) is 88.2 Å². The molecule has 3 unspecified atom stereocenters. The van der Waals surface area contributed by atoms with Gasteiger partial charge in [0.1, 0.15) is 35.4 Å². The van der Waals surface area contributed by atoms with Gasteiger partial charge in [0, 0.05) is 137 Å². The van der Waals surface area contributed by atoms with E-state index in [0.717, 1.165) is 113 Å². The molecule has 104 heavy (non-hydrogen) atoms. The number of aromatic amines is 3. The summed E-state index contributed by atoms with van der Waals surface area (Å²) < 4.78 is 89.5. The van der Waals surface area contributed by atoms with Gasteiger partial charge in [-0.3, -0.25) is 14.4 Å². The molecule has 540 valence electrons. The van der Waals surface area contributed by atoms with Gasteiger partial charge in [-0.2, -0.15) is 0 Å². The van der Waals surface area contributed by atoms with Crippen molar-refractivity contribution in [2.75, 3.05) is 56.0 Å². The highest BCUT2D eigenvalue weighted by Crippen LogP contribution is 2.38. The Bertz CT molecular complexity index is 5730. The number of methoxy groups -OCH3 is 3. The first-order valence-electron chi connectivity index (χ1n) is 32.6. The van der Waals surface area contributed by atoms with Crippen molar-refractivity contribution in [3.63, 3.8) is 0 Å². The summed E-state index contributed by atoms with van der Waals surface area (Å²) >= 11 is 18.6. The van der Waals surface area contributed by atoms with Crippen molar-refractivity contribution < 1.29 is 53.8 Å². The summed E-state index contributed by atoms with van der Waals surface area (Å²) in [6.07, 6.45) is 8.56. The van der Waals surface area contributed by atoms with E-state index < -0.39 is 47.6 Å². The number of sulfone groups is 3. The summed E-state index contributed by atoms with van der Waals surface area (Å²) in [4.78, 5) is 51.9. The van der Waals surface area contributed by atoms with Gasteiger partial charge in [0.2, 0.25) is 0 Å². The lowest BCUT2D eigenvalue weighted by Crippen LogP contribution is -2.22. The van der Waals surface area contributed by atoms with Gasteiger partial charge >= 0.3 is 0 Å². The molecule has 3 heterocycles. The average molecular weight is 1520 g/mol. The monoisotopic (exact) mass is 1520 g/mol. The number of ketones is 3. The van der Waals surface area contributed by atoms with Crippen LogP contribution in [0.15, 0.2) is 185 Å². The number of benzene rings is 9. The molecule has 3 atom stereocenters. The van der Waals surface area contributed by atoms with Gasteiger partial charge in [0.25, 0.3) is 0 Å². The molecule has 0 saturated carbocycles. The van der Waals surface area contributed by atoms with Crippen molar-refractivity contribution in [2.24, 2.45) is 0 Å². The maximum absolute atomic E-state index is 14.1. The number of halogens is 3. The molecule has 6 N–H and O–H groups in total. The van der Waals surface area contributed by atoms with Gasteiger partial charge in [0.15, 0.2) is 46.9 Å². The number of rotatable bonds is 21. The number of nitrogens with one attached hydrogen (secondary N) is 6. The number of aromatic nitrogens is 3. The summed E-state index contributed by atoms with van der Waals surface area (Å²) in [6, 6.07) is 41.5. The number of Topliss-reactive ketones (excluding diaryl/α,β-unsaturated/α-hetero) is 3. The van der Waals surface area contributed by atoms with Crippen LogP contribution in [-0.4, -0.2) is 97.7 Å². The highest BCUT2D eigenvalue weighted by molar-refractivity contribution is 7.91. The number of aryl methyl sites for hydroxylation is 8. The van der Waals surface area contributed by atoms with E-state index in [1.165, 1.54) is 57.7 Å². The second kappa shape index (κ2) is 31.2. The number of hydrogen-bond donors (Lipinski definition) is 6. The highest BCUT2D eigenvalue weighted by atomic mass is 35.5. The zero-order chi connectivity index (χ0) is 75.6. The first-order valence-corrected chi connectivity index (χ1v) is 39.4. The number of hydrogen-bond acceptors (Lipinski definition) is 15. The third kappa shape index (κ3) is 17.5. The van der Waals surface area contributed by atoms with Crippen molar-refractivity contribution >= 4 is 131 Å². The summed E-state index contributed by atoms with van der Waals surface area (Å²) in [5, 5.41) is 14.0. The third-order valence-corrected chi connectivity index (χ3v) is 22.0. The SMILES string of the molecule is COc1cc(NC(C(=O)c2c[nH]c3c(C)cc(C)cc23)c2ccc(Cl)cc2C)cc(S(C)(=O)=O)c1.COc1cc(NC(C(=O)c2c[nH]c3cc(C)c(C)cc23)c2ccc(Cl)cc2C)cc(S(C)(=O)=O)c1.COc1cc(NC(C(=O)c2c[nH]c3ccc(C)cc23)c2ccc(Cl)cc2C)cc(S(C)(=O)=O)c1. The molecule has 12 rings (SSSR count). The summed E-state index contributed by atoms with van der Waals surface area (Å²) in [6.45, 7) is 15.7. The van der Waals surface area contributed by atoms with Crippen molar-refractivity contribution in [3.8, 4) is 17.2 Å². The molecule has 0 aliphatic heterocycles. The standard InChI is InChI=1S/2C27H27ClN2O4S.C26H25ClN2O4S/c1-15-9-23-24(14-29-25(23)10-16(15)2)27(31)26(22-7-6-18(28)8-17(22)3)30-19-11-20(34-4)13-21(12-19)35(5,32)33;1-15-8-17(3)25-23(9-15)24(14-29-25)27(31)26(22-7-6-18(28)10-16(22)2)30-19-11-20(34-4)13-21(12-19)35(5,32)33;1-15-5-8-24-22(9-15)23(14-28-24)26(30)25(21-7-6-17(27)10-16(21)2)29-18-11-19(33-3)13-20(12-18)34(4,31)32/h2*6-14,26,29-30H,1-5H3;5-14,25,28-29H,1-4H3. The number of H-pyrrole nitrogens is 3. The van der Waals surface area contributed by atoms with E-state index >= 15 is 0 Å². The molecule has 0 saturated heterocycles. The molecule has 0 bridgehead atoms. The maximum atomic E-state index is 14.1. The summed E-state index contributed by atoms with van der Waals surface area (Å²) in [7, 11) is -6.10. The number of carbonyl (C=O) groups excluding carboxylic acids is 3. The van der Waals surface area contributed by atoms with E-state index in [-0.39, 0.29) is 32.0 Å². The van der Waals surface area contributed by atoms with Crippen LogP contribution in [-0.2, 0) is 29.5 Å². The predicted octanol–water partition coefficient (Wildman–Crippen LogP) is 18.3. The Balaban J connectivity index is 0.000000167. The number of ether oxygens (including phenoxy) is 3. The zero-order valence-corrected chi connectivity index (χ0v) is 64.4. The fourth-order valence-electron chi connectivity index (χ4n) is 12.5. The Kier molecular flexibility index (Phi) is 23.0. The topological polar surface area (TPSA) is 265 Å². The van der Waals surface area contributed by atoms with Crippen molar-refractivity contribution in [1.82, 2.24) is 15.0 Å². The normalized spacial score (nSPS) is 12.5. The largest absolute Gasteiger partial charge is 0.497 e. The fourth-order valence-corrected chi connectivity index (χ4v) is 15.2. The minimum atomic E-state index is -3.50. The van der Waals surface area contributed by atoms with Crippen LogP contribution in [0.5, 0.6) is 17.2 Å². The molecule has 0 aliphatic carbocycles. The molecule has 0 spiro atoms. The lowest BCUT2D eigenvalue weighted by Gasteiger charge is -2.22. The molecule has 18 nitrogen and oxygen atoms in total. The van der Waals surface area contributed by atoms with E-state index in [1.54, 1.807) is 73.2 Å². The van der Waals surface area contributed by atoms with Crippen LogP contribution in [0.4, 0.5) is 17.1 Å². The first kappa shape index (κ1) is 76.8.